The van der Waals surface area contributed by atoms with E-state index in [-0.39, 0.29) is 11.7 Å². The fourth-order valence-corrected chi connectivity index (χ4v) is 3.40. The second-order valence-corrected chi connectivity index (χ2v) is 7.32. The normalized spacial score (nSPS) is 18.8. The Labute approximate surface area is 174 Å². The zero-order chi connectivity index (χ0) is 20.9. The average Bonchev–Trinajstić information content (AvgIpc) is 2.79. The van der Waals surface area contributed by atoms with Crippen LogP contribution in [0.5, 0.6) is 0 Å². The summed E-state index contributed by atoms with van der Waals surface area (Å²) < 4.78 is 43.9. The van der Waals surface area contributed by atoms with Crippen molar-refractivity contribution in [3.8, 4) is 11.8 Å². The molecular weight excluding hydrogens is 386 g/mol. The molecule has 0 bridgehead atoms. The van der Waals surface area contributed by atoms with Gasteiger partial charge in [-0.05, 0) is 42.1 Å². The number of methoxy groups -OCH3 is 1. The predicted molar refractivity (Wildman–Crippen MR) is 111 cm³/mol. The lowest BCUT2D eigenvalue weighted by molar-refractivity contribution is -0.207. The fourth-order valence-electron chi connectivity index (χ4n) is 3.40. The smallest absolute Gasteiger partial charge is 0.183 e. The molecule has 1 heterocycles. The van der Waals surface area contributed by atoms with Gasteiger partial charge in [-0.2, -0.15) is 0 Å². The molecule has 0 aliphatic carbocycles. The van der Waals surface area contributed by atoms with E-state index in [2.05, 4.69) is 11.8 Å². The largest absolute Gasteiger partial charge is 0.385 e. The van der Waals surface area contributed by atoms with Crippen molar-refractivity contribution in [2.45, 2.75) is 12.7 Å². The van der Waals surface area contributed by atoms with Gasteiger partial charge >= 0.3 is 0 Å². The van der Waals surface area contributed by atoms with Crippen LogP contribution < -0.4 is 0 Å². The number of ether oxygens (including phenoxy) is 3. The van der Waals surface area contributed by atoms with Crippen LogP contribution in [-0.4, -0.2) is 26.9 Å². The summed E-state index contributed by atoms with van der Waals surface area (Å²) in [5.41, 5.74) is 2.53. The molecule has 154 valence electrons. The average molecular weight is 408 g/mol. The third kappa shape index (κ3) is 4.68. The summed E-state index contributed by atoms with van der Waals surface area (Å²) in [5, 5.41) is 0.869. The second-order valence-electron chi connectivity index (χ2n) is 7.32. The van der Waals surface area contributed by atoms with Crippen molar-refractivity contribution in [2.24, 2.45) is 5.92 Å². The Morgan fingerprint density at radius 1 is 0.933 bits per heavy atom. The first kappa shape index (κ1) is 20.5. The molecule has 1 aliphatic rings. The minimum Gasteiger partial charge on any atom is -0.385 e. The summed E-state index contributed by atoms with van der Waals surface area (Å²) in [7, 11) is 1.69. The lowest BCUT2D eigenvalue weighted by atomic mass is 10.1. The van der Waals surface area contributed by atoms with Crippen LogP contribution in [0.1, 0.15) is 29.4 Å². The van der Waals surface area contributed by atoms with E-state index in [0.717, 1.165) is 29.2 Å². The van der Waals surface area contributed by atoms with E-state index in [1.807, 2.05) is 24.3 Å². The van der Waals surface area contributed by atoms with Crippen LogP contribution in [-0.2, 0) is 14.2 Å². The molecule has 0 saturated carbocycles. The molecule has 1 fully saturated rings. The molecule has 0 amide bonds. The van der Waals surface area contributed by atoms with Crippen molar-refractivity contribution in [1.82, 2.24) is 0 Å². The Hall–Kier alpha value is -2.78. The van der Waals surface area contributed by atoms with Crippen LogP contribution >= 0.6 is 0 Å². The molecule has 0 spiro atoms. The molecule has 0 aromatic heterocycles. The van der Waals surface area contributed by atoms with Crippen LogP contribution in [0.25, 0.3) is 10.8 Å². The summed E-state index contributed by atoms with van der Waals surface area (Å²) in [6.45, 7) is 2.02. The Bertz CT molecular complexity index is 1080. The predicted octanol–water partition coefficient (Wildman–Crippen LogP) is 5.22. The van der Waals surface area contributed by atoms with E-state index < -0.39 is 11.6 Å². The molecule has 4 rings (SSSR count). The first-order valence-electron chi connectivity index (χ1n) is 9.86. The van der Waals surface area contributed by atoms with Gasteiger partial charge in [0.25, 0.3) is 0 Å². The standard InChI is InChI=1S/C25H22F2O3/c1-28-13-12-19-15-29-25(30-16-19)20-7-4-17(5-8-20)2-3-18-6-10-22-21(14-18)9-11-23(26)24(22)27/h4-11,14,19,25H,12-13,15-16H2,1H3. The zero-order valence-electron chi connectivity index (χ0n) is 16.7. The molecule has 5 heteroatoms. The van der Waals surface area contributed by atoms with Crippen LogP contribution in [0, 0.1) is 29.4 Å². The molecule has 3 nitrogen and oxygen atoms in total. The van der Waals surface area contributed by atoms with Crippen molar-refractivity contribution >= 4 is 10.8 Å². The number of halogens is 2. The second kappa shape index (κ2) is 9.36. The van der Waals surface area contributed by atoms with Crippen LogP contribution in [0.2, 0.25) is 0 Å². The Morgan fingerprint density at radius 3 is 2.37 bits per heavy atom. The number of fused-ring (bicyclic) bond motifs is 1. The molecule has 3 aromatic rings. The van der Waals surface area contributed by atoms with Gasteiger partial charge < -0.3 is 14.2 Å². The quantitative estimate of drug-likeness (QED) is 0.555. The lowest BCUT2D eigenvalue weighted by Crippen LogP contribution is -2.27. The maximum absolute atomic E-state index is 13.8. The van der Waals surface area contributed by atoms with Gasteiger partial charge in [0.05, 0.1) is 13.2 Å². The topological polar surface area (TPSA) is 27.7 Å². The van der Waals surface area contributed by atoms with Gasteiger partial charge in [0, 0.05) is 41.7 Å². The minimum absolute atomic E-state index is 0.252. The molecule has 0 N–H and O–H groups in total. The highest BCUT2D eigenvalue weighted by Gasteiger charge is 2.23. The van der Waals surface area contributed by atoms with E-state index in [1.54, 1.807) is 31.4 Å². The van der Waals surface area contributed by atoms with Gasteiger partial charge in [-0.15, -0.1) is 0 Å². The number of benzene rings is 3. The van der Waals surface area contributed by atoms with E-state index in [0.29, 0.717) is 31.1 Å². The number of rotatable bonds is 4. The maximum atomic E-state index is 13.8. The highest BCUT2D eigenvalue weighted by atomic mass is 19.2. The van der Waals surface area contributed by atoms with Crippen molar-refractivity contribution in [3.05, 3.63) is 82.9 Å². The maximum Gasteiger partial charge on any atom is 0.183 e. The zero-order valence-corrected chi connectivity index (χ0v) is 16.7. The first-order valence-corrected chi connectivity index (χ1v) is 9.86. The van der Waals surface area contributed by atoms with E-state index in [1.165, 1.54) is 0 Å². The van der Waals surface area contributed by atoms with Crippen molar-refractivity contribution in [2.75, 3.05) is 26.9 Å². The number of hydrogen-bond donors (Lipinski definition) is 0. The lowest BCUT2D eigenvalue weighted by Gasteiger charge is -2.29. The Morgan fingerprint density at radius 2 is 1.63 bits per heavy atom. The van der Waals surface area contributed by atoms with Gasteiger partial charge in [0.1, 0.15) is 0 Å². The molecule has 1 saturated heterocycles. The Kier molecular flexibility index (Phi) is 6.39. The molecule has 3 aromatic carbocycles. The van der Waals surface area contributed by atoms with Crippen molar-refractivity contribution < 1.29 is 23.0 Å². The van der Waals surface area contributed by atoms with E-state index >= 15 is 0 Å². The monoisotopic (exact) mass is 408 g/mol. The summed E-state index contributed by atoms with van der Waals surface area (Å²) in [5.74, 6) is 4.85. The third-order valence-electron chi connectivity index (χ3n) is 5.14. The molecule has 1 aliphatic heterocycles. The highest BCUT2D eigenvalue weighted by Crippen LogP contribution is 2.26. The number of hydrogen-bond acceptors (Lipinski definition) is 3. The van der Waals surface area contributed by atoms with Crippen LogP contribution in [0.3, 0.4) is 0 Å². The van der Waals surface area contributed by atoms with Gasteiger partial charge in [-0.1, -0.05) is 36.1 Å². The summed E-state index contributed by atoms with van der Waals surface area (Å²) in [4.78, 5) is 0. The summed E-state index contributed by atoms with van der Waals surface area (Å²) >= 11 is 0. The molecule has 0 unspecified atom stereocenters. The van der Waals surface area contributed by atoms with Crippen molar-refractivity contribution in [1.29, 1.82) is 0 Å². The van der Waals surface area contributed by atoms with Gasteiger partial charge in [0.15, 0.2) is 17.9 Å². The molecule has 30 heavy (non-hydrogen) atoms. The van der Waals surface area contributed by atoms with Gasteiger partial charge in [-0.25, -0.2) is 8.78 Å². The Balaban J connectivity index is 1.42. The van der Waals surface area contributed by atoms with E-state index in [4.69, 9.17) is 14.2 Å². The van der Waals surface area contributed by atoms with Crippen LogP contribution in [0.4, 0.5) is 8.78 Å². The third-order valence-corrected chi connectivity index (χ3v) is 5.14. The van der Waals surface area contributed by atoms with Gasteiger partial charge in [-0.3, -0.25) is 0 Å². The summed E-state index contributed by atoms with van der Waals surface area (Å²) in [6.07, 6.45) is 0.565. The molecular formula is C25H22F2O3. The SMILES string of the molecule is COCCC1COC(c2ccc(C#Cc3ccc4c(F)c(F)ccc4c3)cc2)OC1. The molecule has 0 radical (unpaired) electrons. The minimum atomic E-state index is -0.849. The fraction of sp³-hybridized carbons (Fsp3) is 0.280. The van der Waals surface area contributed by atoms with Crippen molar-refractivity contribution in [3.63, 3.8) is 0 Å². The van der Waals surface area contributed by atoms with Gasteiger partial charge in [0.2, 0.25) is 0 Å². The van der Waals surface area contributed by atoms with E-state index in [9.17, 15) is 8.78 Å². The van der Waals surface area contributed by atoms with Crippen LogP contribution in [0.15, 0.2) is 54.6 Å². The summed E-state index contributed by atoms with van der Waals surface area (Å²) in [6, 6.07) is 15.4. The highest BCUT2D eigenvalue weighted by molar-refractivity contribution is 5.84. The molecule has 0 atom stereocenters. The first-order chi connectivity index (χ1) is 14.6.